The van der Waals surface area contributed by atoms with Crippen molar-refractivity contribution in [1.82, 2.24) is 14.8 Å². The molecule has 0 saturated carbocycles. The largest absolute Gasteiger partial charge is 0.494 e. The number of nitrogens with one attached hydrogen (secondary N) is 1. The van der Waals surface area contributed by atoms with Gasteiger partial charge in [-0.15, -0.1) is 0 Å². The molecule has 0 aliphatic carbocycles. The van der Waals surface area contributed by atoms with Crippen LogP contribution in [0.1, 0.15) is 18.2 Å². The molecule has 2 heterocycles. The number of anilines is 1. The Labute approximate surface area is 173 Å². The number of benzene rings is 2. The molecule has 2 aromatic carbocycles. The molecule has 29 heavy (non-hydrogen) atoms. The van der Waals surface area contributed by atoms with E-state index in [0.29, 0.717) is 29.5 Å². The standard InChI is InChI=1S/C20H20N4O3S2/c1-3-27-16-9-10-17-18(11-16)28-20(21-17)23-29(25,26)19-13-24(22-14(19)2)12-15-7-5-4-6-8-15/h4-11,13H,3,12H2,1-2H3,(H,21,23). The second kappa shape index (κ2) is 7.84. The van der Waals surface area contributed by atoms with Gasteiger partial charge in [0, 0.05) is 6.20 Å². The summed E-state index contributed by atoms with van der Waals surface area (Å²) in [4.78, 5) is 4.52. The van der Waals surface area contributed by atoms with Crippen molar-refractivity contribution in [2.45, 2.75) is 25.3 Å². The maximum Gasteiger partial charge on any atom is 0.267 e. The highest BCUT2D eigenvalue weighted by Crippen LogP contribution is 2.31. The van der Waals surface area contributed by atoms with Crippen molar-refractivity contribution in [2.75, 3.05) is 11.3 Å². The average molecular weight is 429 g/mol. The Morgan fingerprint density at radius 1 is 1.17 bits per heavy atom. The van der Waals surface area contributed by atoms with Gasteiger partial charge in [0.2, 0.25) is 0 Å². The zero-order valence-corrected chi connectivity index (χ0v) is 17.6. The highest BCUT2D eigenvalue weighted by atomic mass is 32.2. The summed E-state index contributed by atoms with van der Waals surface area (Å²) in [5.41, 5.74) is 2.20. The average Bonchev–Trinajstić information content (AvgIpc) is 3.25. The second-order valence-corrected chi connectivity index (χ2v) is 9.13. The summed E-state index contributed by atoms with van der Waals surface area (Å²) in [6.07, 6.45) is 1.55. The lowest BCUT2D eigenvalue weighted by Gasteiger charge is -2.03. The van der Waals surface area contributed by atoms with Crippen LogP contribution in [0.5, 0.6) is 5.75 Å². The molecular weight excluding hydrogens is 408 g/mol. The van der Waals surface area contributed by atoms with Crippen molar-refractivity contribution in [3.63, 3.8) is 0 Å². The van der Waals surface area contributed by atoms with Gasteiger partial charge in [-0.3, -0.25) is 9.40 Å². The first-order valence-electron chi connectivity index (χ1n) is 9.09. The summed E-state index contributed by atoms with van der Waals surface area (Å²) in [7, 11) is -3.80. The topological polar surface area (TPSA) is 86.1 Å². The minimum atomic E-state index is -3.80. The van der Waals surface area contributed by atoms with E-state index >= 15 is 0 Å². The molecule has 0 unspecified atom stereocenters. The number of ether oxygens (including phenoxy) is 1. The third kappa shape index (κ3) is 4.25. The number of nitrogens with zero attached hydrogens (tertiary/aromatic N) is 3. The molecule has 0 amide bonds. The maximum absolute atomic E-state index is 12.9. The second-order valence-electron chi connectivity index (χ2n) is 6.45. The van der Waals surface area contributed by atoms with Crippen LogP contribution in [0.4, 0.5) is 5.13 Å². The molecule has 0 aliphatic heterocycles. The van der Waals surface area contributed by atoms with Crippen LogP contribution in [0.15, 0.2) is 59.6 Å². The van der Waals surface area contributed by atoms with Crippen LogP contribution in [0, 0.1) is 6.92 Å². The van der Waals surface area contributed by atoms with Crippen LogP contribution in [-0.4, -0.2) is 29.8 Å². The lowest BCUT2D eigenvalue weighted by molar-refractivity contribution is 0.341. The normalized spacial score (nSPS) is 11.7. The summed E-state index contributed by atoms with van der Waals surface area (Å²) in [6.45, 7) is 4.66. The summed E-state index contributed by atoms with van der Waals surface area (Å²) in [6, 6.07) is 15.3. The van der Waals surface area contributed by atoms with Crippen LogP contribution in [0.2, 0.25) is 0 Å². The molecule has 0 aliphatic rings. The zero-order chi connectivity index (χ0) is 20.4. The van der Waals surface area contributed by atoms with Gasteiger partial charge in [0.15, 0.2) is 5.13 Å². The molecule has 0 atom stereocenters. The van der Waals surface area contributed by atoms with Gasteiger partial charge in [0.1, 0.15) is 10.6 Å². The van der Waals surface area contributed by atoms with Crippen molar-refractivity contribution in [1.29, 1.82) is 0 Å². The van der Waals surface area contributed by atoms with Gasteiger partial charge < -0.3 is 4.74 Å². The SMILES string of the molecule is CCOc1ccc2nc(NS(=O)(=O)c3cn(Cc4ccccc4)nc3C)sc2c1. The lowest BCUT2D eigenvalue weighted by atomic mass is 10.2. The van der Waals surface area contributed by atoms with Crippen molar-refractivity contribution in [2.24, 2.45) is 0 Å². The summed E-state index contributed by atoms with van der Waals surface area (Å²) < 4.78 is 36.4. The van der Waals surface area contributed by atoms with E-state index in [0.717, 1.165) is 16.0 Å². The van der Waals surface area contributed by atoms with E-state index in [2.05, 4.69) is 14.8 Å². The summed E-state index contributed by atoms with van der Waals surface area (Å²) in [5, 5.41) is 4.66. The van der Waals surface area contributed by atoms with Crippen LogP contribution >= 0.6 is 11.3 Å². The number of fused-ring (bicyclic) bond motifs is 1. The van der Waals surface area contributed by atoms with E-state index < -0.39 is 10.0 Å². The summed E-state index contributed by atoms with van der Waals surface area (Å²) in [5.74, 6) is 0.732. The van der Waals surface area contributed by atoms with Gasteiger partial charge in [0.05, 0.1) is 29.1 Å². The first kappa shape index (κ1) is 19.4. The van der Waals surface area contributed by atoms with E-state index in [1.165, 1.54) is 11.3 Å². The van der Waals surface area contributed by atoms with Crippen LogP contribution in [-0.2, 0) is 16.6 Å². The molecule has 4 aromatic rings. The van der Waals surface area contributed by atoms with E-state index in [4.69, 9.17) is 4.74 Å². The lowest BCUT2D eigenvalue weighted by Crippen LogP contribution is -2.13. The first-order chi connectivity index (χ1) is 13.9. The van der Waals surface area contributed by atoms with Crippen molar-refractivity contribution >= 4 is 36.7 Å². The van der Waals surface area contributed by atoms with E-state index in [1.807, 2.05) is 55.5 Å². The quantitative estimate of drug-likeness (QED) is 0.480. The Kier molecular flexibility index (Phi) is 5.25. The van der Waals surface area contributed by atoms with Crippen molar-refractivity contribution in [3.8, 4) is 5.75 Å². The molecule has 0 radical (unpaired) electrons. The van der Waals surface area contributed by atoms with E-state index in [1.54, 1.807) is 17.8 Å². The molecule has 150 valence electrons. The molecule has 0 spiro atoms. The molecule has 4 rings (SSSR count). The van der Waals surface area contributed by atoms with E-state index in [-0.39, 0.29) is 4.90 Å². The van der Waals surface area contributed by atoms with Gasteiger partial charge in [-0.2, -0.15) is 5.10 Å². The zero-order valence-electron chi connectivity index (χ0n) is 16.0. The molecule has 7 nitrogen and oxygen atoms in total. The maximum atomic E-state index is 12.9. The van der Waals surface area contributed by atoms with E-state index in [9.17, 15) is 8.42 Å². The Balaban J connectivity index is 1.58. The minimum absolute atomic E-state index is 0.141. The van der Waals surface area contributed by atoms with Gasteiger partial charge in [-0.1, -0.05) is 41.7 Å². The molecular formula is C20H20N4O3S2. The van der Waals surface area contributed by atoms with Crippen LogP contribution in [0.25, 0.3) is 10.2 Å². The first-order valence-corrected chi connectivity index (χ1v) is 11.4. The Morgan fingerprint density at radius 3 is 2.72 bits per heavy atom. The molecule has 0 bridgehead atoms. The number of thiazole rings is 1. The fourth-order valence-electron chi connectivity index (χ4n) is 2.99. The van der Waals surface area contributed by atoms with Gasteiger partial charge in [-0.05, 0) is 37.6 Å². The van der Waals surface area contributed by atoms with Gasteiger partial charge in [-0.25, -0.2) is 13.4 Å². The fourth-order valence-corrected chi connectivity index (χ4v) is 5.31. The minimum Gasteiger partial charge on any atom is -0.494 e. The molecule has 2 aromatic heterocycles. The van der Waals surface area contributed by atoms with Crippen molar-refractivity contribution in [3.05, 3.63) is 66.0 Å². The number of sulfonamides is 1. The predicted molar refractivity (Wildman–Crippen MR) is 114 cm³/mol. The Hall–Kier alpha value is -2.91. The summed E-state index contributed by atoms with van der Waals surface area (Å²) >= 11 is 1.27. The highest BCUT2D eigenvalue weighted by molar-refractivity contribution is 7.93. The van der Waals surface area contributed by atoms with Gasteiger partial charge >= 0.3 is 0 Å². The third-order valence-electron chi connectivity index (χ3n) is 4.27. The molecule has 1 N–H and O–H groups in total. The Morgan fingerprint density at radius 2 is 1.97 bits per heavy atom. The smallest absolute Gasteiger partial charge is 0.267 e. The number of rotatable bonds is 7. The number of hydrogen-bond donors (Lipinski definition) is 1. The predicted octanol–water partition coefficient (Wildman–Crippen LogP) is 4.05. The fraction of sp³-hybridized carbons (Fsp3) is 0.200. The highest BCUT2D eigenvalue weighted by Gasteiger charge is 2.22. The van der Waals surface area contributed by atoms with Gasteiger partial charge in [0.25, 0.3) is 10.0 Å². The van der Waals surface area contributed by atoms with Crippen molar-refractivity contribution < 1.29 is 13.2 Å². The monoisotopic (exact) mass is 428 g/mol. The number of aromatic nitrogens is 3. The molecule has 9 heteroatoms. The van der Waals surface area contributed by atoms with Crippen LogP contribution < -0.4 is 9.46 Å². The molecule has 0 saturated heterocycles. The Bertz CT molecular complexity index is 1250. The third-order valence-corrected chi connectivity index (χ3v) is 6.78. The van der Waals surface area contributed by atoms with Crippen LogP contribution in [0.3, 0.4) is 0 Å². The number of hydrogen-bond acceptors (Lipinski definition) is 6. The molecule has 0 fully saturated rings. The number of aryl methyl sites for hydroxylation is 1.